The molecular formula is C11H17F2NO. The minimum absolute atomic E-state index is 0.0398. The summed E-state index contributed by atoms with van der Waals surface area (Å²) in [5.74, 6) is -2.60. The van der Waals surface area contributed by atoms with Gasteiger partial charge in [-0.3, -0.25) is 4.79 Å². The van der Waals surface area contributed by atoms with Crippen molar-refractivity contribution in [3.05, 3.63) is 0 Å². The maximum absolute atomic E-state index is 13.2. The lowest BCUT2D eigenvalue weighted by Gasteiger charge is -2.39. The molecule has 2 saturated heterocycles. The van der Waals surface area contributed by atoms with Gasteiger partial charge in [-0.25, -0.2) is 8.78 Å². The maximum Gasteiger partial charge on any atom is 0.252 e. The average Bonchev–Trinajstić information content (AvgIpc) is 2.37. The summed E-state index contributed by atoms with van der Waals surface area (Å²) in [4.78, 5) is 13.6. The van der Waals surface area contributed by atoms with Crippen LogP contribution in [-0.4, -0.2) is 28.8 Å². The Morgan fingerprint density at radius 3 is 2.13 bits per heavy atom. The molecule has 0 aromatic heterocycles. The van der Waals surface area contributed by atoms with Crippen molar-refractivity contribution in [2.24, 2.45) is 5.92 Å². The summed E-state index contributed by atoms with van der Waals surface area (Å²) in [6.07, 6.45) is 1.22. The van der Waals surface area contributed by atoms with Crippen LogP contribution >= 0.6 is 0 Å². The van der Waals surface area contributed by atoms with Crippen LogP contribution in [0.5, 0.6) is 0 Å². The van der Waals surface area contributed by atoms with Crippen molar-refractivity contribution >= 4 is 5.91 Å². The molecule has 2 atom stereocenters. The molecule has 2 bridgehead atoms. The number of carbonyl (C=O) groups excluding carboxylic acids is 1. The molecule has 15 heavy (non-hydrogen) atoms. The van der Waals surface area contributed by atoms with Gasteiger partial charge < -0.3 is 4.90 Å². The first-order valence-corrected chi connectivity index (χ1v) is 5.61. The van der Waals surface area contributed by atoms with Gasteiger partial charge >= 0.3 is 0 Å². The molecule has 86 valence electrons. The van der Waals surface area contributed by atoms with Crippen molar-refractivity contribution in [3.63, 3.8) is 0 Å². The highest BCUT2D eigenvalue weighted by molar-refractivity contribution is 5.79. The van der Waals surface area contributed by atoms with Crippen LogP contribution in [0, 0.1) is 5.92 Å². The summed E-state index contributed by atoms with van der Waals surface area (Å²) in [5.41, 5.74) is 0. The number of piperidine rings is 1. The zero-order chi connectivity index (χ0) is 11.2. The Labute approximate surface area is 88.6 Å². The Balaban J connectivity index is 2.15. The molecule has 0 aliphatic carbocycles. The monoisotopic (exact) mass is 217 g/mol. The highest BCUT2D eigenvalue weighted by Gasteiger charge is 2.51. The van der Waals surface area contributed by atoms with Gasteiger partial charge in [0.05, 0.1) is 0 Å². The van der Waals surface area contributed by atoms with Gasteiger partial charge in [-0.05, 0) is 12.8 Å². The first kappa shape index (κ1) is 10.8. The molecule has 2 unspecified atom stereocenters. The van der Waals surface area contributed by atoms with E-state index in [4.69, 9.17) is 0 Å². The first-order chi connectivity index (χ1) is 6.91. The fourth-order valence-corrected chi connectivity index (χ4v) is 2.79. The maximum atomic E-state index is 13.2. The number of halogens is 2. The van der Waals surface area contributed by atoms with Crippen molar-refractivity contribution in [1.82, 2.24) is 4.90 Å². The topological polar surface area (TPSA) is 20.3 Å². The van der Waals surface area contributed by atoms with E-state index in [1.807, 2.05) is 13.8 Å². The minimum atomic E-state index is -2.56. The van der Waals surface area contributed by atoms with E-state index in [-0.39, 0.29) is 36.8 Å². The van der Waals surface area contributed by atoms with Crippen molar-refractivity contribution < 1.29 is 13.6 Å². The average molecular weight is 217 g/mol. The Hall–Kier alpha value is -0.670. The lowest BCUT2D eigenvalue weighted by atomic mass is 9.97. The number of hydrogen-bond acceptors (Lipinski definition) is 1. The third kappa shape index (κ3) is 1.86. The van der Waals surface area contributed by atoms with E-state index in [0.29, 0.717) is 0 Å². The van der Waals surface area contributed by atoms with Crippen LogP contribution in [0.4, 0.5) is 8.78 Å². The number of nitrogens with zero attached hydrogens (tertiary/aromatic N) is 1. The summed E-state index contributed by atoms with van der Waals surface area (Å²) in [7, 11) is 0. The molecule has 0 saturated carbocycles. The SMILES string of the molecule is CC(C)C(=O)N1C2CCC1CC(F)(F)C2. The van der Waals surface area contributed by atoms with E-state index in [2.05, 4.69) is 0 Å². The zero-order valence-corrected chi connectivity index (χ0v) is 9.17. The molecule has 0 spiro atoms. The highest BCUT2D eigenvalue weighted by atomic mass is 19.3. The fourth-order valence-electron chi connectivity index (χ4n) is 2.79. The van der Waals surface area contributed by atoms with E-state index < -0.39 is 5.92 Å². The van der Waals surface area contributed by atoms with Gasteiger partial charge in [0, 0.05) is 30.8 Å². The molecule has 4 heteroatoms. The Bertz CT molecular complexity index is 262. The molecule has 2 aliphatic rings. The second-order valence-electron chi connectivity index (χ2n) is 5.05. The van der Waals surface area contributed by atoms with Gasteiger partial charge in [-0.15, -0.1) is 0 Å². The molecule has 1 amide bonds. The molecule has 2 fully saturated rings. The third-order valence-electron chi connectivity index (χ3n) is 3.44. The zero-order valence-electron chi connectivity index (χ0n) is 9.17. The van der Waals surface area contributed by atoms with Gasteiger partial charge in [-0.2, -0.15) is 0 Å². The third-order valence-corrected chi connectivity index (χ3v) is 3.44. The quantitative estimate of drug-likeness (QED) is 0.660. The number of alkyl halides is 2. The second kappa shape index (κ2) is 3.42. The molecule has 2 heterocycles. The summed E-state index contributed by atoms with van der Waals surface area (Å²) >= 11 is 0. The van der Waals surface area contributed by atoms with Gasteiger partial charge in [0.1, 0.15) is 0 Å². The summed E-state index contributed by atoms with van der Waals surface area (Å²) < 4.78 is 26.5. The first-order valence-electron chi connectivity index (χ1n) is 5.61. The predicted octanol–water partition coefficient (Wildman–Crippen LogP) is 2.43. The molecular weight excluding hydrogens is 200 g/mol. The Kier molecular flexibility index (Phi) is 2.47. The van der Waals surface area contributed by atoms with Gasteiger partial charge in [0.25, 0.3) is 5.92 Å². The minimum Gasteiger partial charge on any atom is -0.336 e. The van der Waals surface area contributed by atoms with Crippen LogP contribution in [0.2, 0.25) is 0 Å². The van der Waals surface area contributed by atoms with E-state index in [1.165, 1.54) is 0 Å². The molecule has 2 aliphatic heterocycles. The number of carbonyl (C=O) groups is 1. The van der Waals surface area contributed by atoms with Crippen molar-refractivity contribution in [1.29, 1.82) is 0 Å². The summed E-state index contributed by atoms with van der Waals surface area (Å²) in [5, 5.41) is 0. The molecule has 2 rings (SSSR count). The van der Waals surface area contributed by atoms with Gasteiger partial charge in [0.2, 0.25) is 5.91 Å². The lowest BCUT2D eigenvalue weighted by Crippen LogP contribution is -2.51. The van der Waals surface area contributed by atoms with Crippen molar-refractivity contribution in [2.75, 3.05) is 0 Å². The summed E-state index contributed by atoms with van der Waals surface area (Å²) in [6, 6.07) is -0.428. The number of hydrogen-bond donors (Lipinski definition) is 0. The van der Waals surface area contributed by atoms with Crippen molar-refractivity contribution in [2.45, 2.75) is 57.5 Å². The standard InChI is InChI=1S/C11H17F2NO/c1-7(2)10(15)14-8-3-4-9(14)6-11(12,13)5-8/h7-9H,3-6H2,1-2H3. The van der Waals surface area contributed by atoms with Crippen LogP contribution in [0.15, 0.2) is 0 Å². The largest absolute Gasteiger partial charge is 0.336 e. The molecule has 2 nitrogen and oxygen atoms in total. The molecule has 0 radical (unpaired) electrons. The predicted molar refractivity (Wildman–Crippen MR) is 52.7 cm³/mol. The van der Waals surface area contributed by atoms with Crippen LogP contribution < -0.4 is 0 Å². The van der Waals surface area contributed by atoms with Crippen LogP contribution in [-0.2, 0) is 4.79 Å². The number of amides is 1. The van der Waals surface area contributed by atoms with E-state index in [0.717, 1.165) is 12.8 Å². The van der Waals surface area contributed by atoms with Crippen LogP contribution in [0.25, 0.3) is 0 Å². The smallest absolute Gasteiger partial charge is 0.252 e. The molecule has 0 aromatic carbocycles. The normalized spacial score (nSPS) is 33.5. The van der Waals surface area contributed by atoms with Crippen molar-refractivity contribution in [3.8, 4) is 0 Å². The van der Waals surface area contributed by atoms with E-state index in [9.17, 15) is 13.6 Å². The van der Waals surface area contributed by atoms with E-state index >= 15 is 0 Å². The Morgan fingerprint density at radius 1 is 1.27 bits per heavy atom. The van der Waals surface area contributed by atoms with Gasteiger partial charge in [-0.1, -0.05) is 13.8 Å². The van der Waals surface area contributed by atoms with E-state index in [1.54, 1.807) is 4.90 Å². The molecule has 0 N–H and O–H groups in total. The second-order valence-corrected chi connectivity index (χ2v) is 5.05. The van der Waals surface area contributed by atoms with Crippen LogP contribution in [0.3, 0.4) is 0 Å². The Morgan fingerprint density at radius 2 is 1.73 bits per heavy atom. The fraction of sp³-hybridized carbons (Fsp3) is 0.909. The summed E-state index contributed by atoms with van der Waals surface area (Å²) in [6.45, 7) is 3.66. The number of fused-ring (bicyclic) bond motifs is 2. The lowest BCUT2D eigenvalue weighted by molar-refractivity contribution is -0.147. The molecule has 0 aromatic rings. The highest BCUT2D eigenvalue weighted by Crippen LogP contribution is 2.43. The van der Waals surface area contributed by atoms with Crippen LogP contribution in [0.1, 0.15) is 39.5 Å². The number of rotatable bonds is 1. The van der Waals surface area contributed by atoms with Gasteiger partial charge in [0.15, 0.2) is 0 Å².